The molecule has 2 fully saturated rings. The van der Waals surface area contributed by atoms with E-state index in [1.165, 1.54) is 102 Å². The van der Waals surface area contributed by atoms with E-state index in [0.717, 1.165) is 37.2 Å². The maximum Gasteiger partial charge on any atom is 0.199 e. The molecule has 2 rings (SSSR count). The second kappa shape index (κ2) is 15.6. The molecule has 0 bridgehead atoms. The highest BCUT2D eigenvalue weighted by atomic mass is 19.1. The fourth-order valence-corrected chi connectivity index (χ4v) is 5.20. The van der Waals surface area contributed by atoms with Crippen LogP contribution in [0.5, 0.6) is 0 Å². The molecule has 0 unspecified atom stereocenters. The van der Waals surface area contributed by atoms with Gasteiger partial charge in [0.15, 0.2) is 5.83 Å². The van der Waals surface area contributed by atoms with Crippen LogP contribution in [0.15, 0.2) is 24.1 Å². The highest BCUT2D eigenvalue weighted by Gasteiger charge is 2.24. The average molecular weight is 418 g/mol. The minimum absolute atomic E-state index is 0.473. The van der Waals surface area contributed by atoms with Gasteiger partial charge in [-0.2, -0.15) is 9.65 Å². The number of halogens is 1. The summed E-state index contributed by atoms with van der Waals surface area (Å²) >= 11 is 0. The fourth-order valence-electron chi connectivity index (χ4n) is 5.20. The summed E-state index contributed by atoms with van der Waals surface area (Å²) in [5, 5.41) is 8.37. The summed E-state index contributed by atoms with van der Waals surface area (Å²) in [4.78, 5) is 0. The summed E-state index contributed by atoms with van der Waals surface area (Å²) in [5.41, 5.74) is 0. The first kappa shape index (κ1) is 25.1. The predicted molar refractivity (Wildman–Crippen MR) is 124 cm³/mol. The predicted octanol–water partition coefficient (Wildman–Crippen LogP) is 8.44. The largest absolute Gasteiger partial charge is 0.378 e. The van der Waals surface area contributed by atoms with Crippen LogP contribution in [0.3, 0.4) is 0 Å². The van der Waals surface area contributed by atoms with Crippen LogP contribution in [-0.4, -0.2) is 12.7 Å². The second-order valence-electron chi connectivity index (χ2n) is 9.70. The highest BCUT2D eigenvalue weighted by molar-refractivity contribution is 5.18. The number of nitriles is 1. The van der Waals surface area contributed by atoms with Crippen LogP contribution in [-0.2, 0) is 4.74 Å². The van der Waals surface area contributed by atoms with E-state index in [0.29, 0.717) is 6.10 Å². The molecule has 0 N–H and O–H groups in total. The van der Waals surface area contributed by atoms with Crippen molar-refractivity contribution in [3.63, 3.8) is 0 Å². The Balaban J connectivity index is 1.48. The standard InChI is InChI=1S/C27H44FNO/c1-2-3-4-5-7-10-23-13-15-25(16-14-23)22-30-27-19-17-24(18-20-27)11-8-6-9-12-26(28)21-29/h6,9,12,23-25,27H,2-5,7-8,10-11,13-20,22H2,1H3/b9-6+,26-12-. The van der Waals surface area contributed by atoms with E-state index in [1.807, 2.05) is 6.08 Å². The molecule has 2 aliphatic rings. The van der Waals surface area contributed by atoms with Crippen molar-refractivity contribution >= 4 is 0 Å². The Bertz CT molecular complexity index is 534. The van der Waals surface area contributed by atoms with Crippen molar-refractivity contribution in [2.75, 3.05) is 6.61 Å². The Hall–Kier alpha value is -1.14. The van der Waals surface area contributed by atoms with E-state index in [9.17, 15) is 4.39 Å². The summed E-state index contributed by atoms with van der Waals surface area (Å²) in [7, 11) is 0. The first-order chi connectivity index (χ1) is 14.7. The van der Waals surface area contributed by atoms with Crippen molar-refractivity contribution in [3.05, 3.63) is 24.1 Å². The molecule has 0 heterocycles. The normalized spacial score (nSPS) is 28.0. The van der Waals surface area contributed by atoms with E-state index in [-0.39, 0.29) is 0 Å². The molecule has 0 radical (unpaired) electrons. The van der Waals surface area contributed by atoms with Crippen molar-refractivity contribution in [1.82, 2.24) is 0 Å². The first-order valence-electron chi connectivity index (χ1n) is 12.7. The Morgan fingerprint density at radius 1 is 0.900 bits per heavy atom. The maximum atomic E-state index is 12.7. The van der Waals surface area contributed by atoms with Gasteiger partial charge < -0.3 is 4.74 Å². The summed E-state index contributed by atoms with van der Waals surface area (Å²) in [6.07, 6.45) is 26.5. The van der Waals surface area contributed by atoms with E-state index < -0.39 is 5.83 Å². The van der Waals surface area contributed by atoms with Gasteiger partial charge in [-0.25, -0.2) is 0 Å². The topological polar surface area (TPSA) is 33.0 Å². The van der Waals surface area contributed by atoms with Crippen LogP contribution >= 0.6 is 0 Å². The van der Waals surface area contributed by atoms with Crippen LogP contribution in [0.1, 0.15) is 110 Å². The Kier molecular flexibility index (Phi) is 13.1. The maximum absolute atomic E-state index is 12.7. The van der Waals surface area contributed by atoms with Crippen LogP contribution in [0, 0.1) is 29.1 Å². The minimum Gasteiger partial charge on any atom is -0.378 e. The second-order valence-corrected chi connectivity index (χ2v) is 9.70. The van der Waals surface area contributed by atoms with E-state index in [4.69, 9.17) is 10.00 Å². The zero-order chi connectivity index (χ0) is 21.4. The Morgan fingerprint density at radius 2 is 1.53 bits per heavy atom. The quantitative estimate of drug-likeness (QED) is 0.171. The molecule has 0 aromatic heterocycles. The molecule has 30 heavy (non-hydrogen) atoms. The third kappa shape index (κ3) is 10.8. The summed E-state index contributed by atoms with van der Waals surface area (Å²) in [6.45, 7) is 3.27. The van der Waals surface area contributed by atoms with Gasteiger partial charge in [-0.3, -0.25) is 0 Å². The number of unbranched alkanes of at least 4 members (excludes halogenated alkanes) is 4. The number of hydrogen-bond donors (Lipinski definition) is 0. The molecule has 0 aromatic carbocycles. The van der Waals surface area contributed by atoms with Crippen LogP contribution in [0.2, 0.25) is 0 Å². The molecule has 0 spiro atoms. The molecule has 2 saturated carbocycles. The molecular weight excluding hydrogens is 373 g/mol. The van der Waals surface area contributed by atoms with Crippen molar-refractivity contribution in [2.24, 2.45) is 17.8 Å². The zero-order valence-corrected chi connectivity index (χ0v) is 19.3. The molecule has 0 amide bonds. The van der Waals surface area contributed by atoms with Crippen molar-refractivity contribution < 1.29 is 9.13 Å². The third-order valence-corrected chi connectivity index (χ3v) is 7.27. The van der Waals surface area contributed by atoms with E-state index >= 15 is 0 Å². The minimum atomic E-state index is -0.722. The molecule has 0 saturated heterocycles. The third-order valence-electron chi connectivity index (χ3n) is 7.27. The summed E-state index contributed by atoms with van der Waals surface area (Å²) in [5.74, 6) is 1.83. The monoisotopic (exact) mass is 417 g/mol. The Morgan fingerprint density at radius 3 is 2.23 bits per heavy atom. The molecular formula is C27H44FNO. The van der Waals surface area contributed by atoms with Crippen molar-refractivity contribution in [1.29, 1.82) is 5.26 Å². The van der Waals surface area contributed by atoms with Gasteiger partial charge in [0, 0.05) is 6.61 Å². The number of allylic oxidation sites excluding steroid dienone is 4. The lowest BCUT2D eigenvalue weighted by molar-refractivity contribution is -0.0102. The van der Waals surface area contributed by atoms with E-state index in [2.05, 4.69) is 6.92 Å². The lowest BCUT2D eigenvalue weighted by Crippen LogP contribution is -2.26. The van der Waals surface area contributed by atoms with Gasteiger partial charge in [-0.05, 0) is 75.2 Å². The average Bonchev–Trinajstić information content (AvgIpc) is 2.78. The van der Waals surface area contributed by atoms with Gasteiger partial charge in [0.05, 0.1) is 6.10 Å². The fraction of sp³-hybridized carbons (Fsp3) is 0.815. The number of nitrogens with zero attached hydrogens (tertiary/aromatic N) is 1. The zero-order valence-electron chi connectivity index (χ0n) is 19.3. The Labute approximate surface area is 185 Å². The van der Waals surface area contributed by atoms with Gasteiger partial charge in [-0.1, -0.05) is 70.4 Å². The lowest BCUT2D eigenvalue weighted by atomic mass is 9.80. The smallest absolute Gasteiger partial charge is 0.199 e. The van der Waals surface area contributed by atoms with Crippen LogP contribution in [0.4, 0.5) is 4.39 Å². The molecule has 170 valence electrons. The van der Waals surface area contributed by atoms with Gasteiger partial charge in [0.25, 0.3) is 0 Å². The molecule has 3 heteroatoms. The molecule has 0 aromatic rings. The summed E-state index contributed by atoms with van der Waals surface area (Å²) < 4.78 is 19.0. The van der Waals surface area contributed by atoms with Gasteiger partial charge in [0.2, 0.25) is 0 Å². The lowest BCUT2D eigenvalue weighted by Gasteiger charge is -2.32. The van der Waals surface area contributed by atoms with Crippen LogP contribution < -0.4 is 0 Å². The van der Waals surface area contributed by atoms with E-state index in [1.54, 1.807) is 6.08 Å². The van der Waals surface area contributed by atoms with Crippen LogP contribution in [0.25, 0.3) is 0 Å². The molecule has 2 aliphatic carbocycles. The van der Waals surface area contributed by atoms with Gasteiger partial charge in [0.1, 0.15) is 6.07 Å². The van der Waals surface area contributed by atoms with Gasteiger partial charge >= 0.3 is 0 Å². The SMILES string of the molecule is CCCCCCCC1CCC(COC2CCC(CC/C=C/C=C(\F)C#N)CC2)CC1. The molecule has 0 atom stereocenters. The highest BCUT2D eigenvalue weighted by Crippen LogP contribution is 2.34. The van der Waals surface area contributed by atoms with Crippen molar-refractivity contribution in [3.8, 4) is 6.07 Å². The van der Waals surface area contributed by atoms with Crippen molar-refractivity contribution in [2.45, 2.75) is 116 Å². The number of ether oxygens (including phenoxy) is 1. The molecule has 0 aliphatic heterocycles. The molecule has 2 nitrogen and oxygen atoms in total. The number of rotatable bonds is 13. The summed E-state index contributed by atoms with van der Waals surface area (Å²) in [6, 6.07) is 1.49. The number of hydrogen-bond acceptors (Lipinski definition) is 2. The van der Waals surface area contributed by atoms with Gasteiger partial charge in [-0.15, -0.1) is 0 Å². The first-order valence-corrected chi connectivity index (χ1v) is 12.7.